The van der Waals surface area contributed by atoms with Crippen LogP contribution in [0.3, 0.4) is 0 Å². The summed E-state index contributed by atoms with van der Waals surface area (Å²) in [6.45, 7) is 6.64. The van der Waals surface area contributed by atoms with Crippen LogP contribution in [0.25, 0.3) is 0 Å². The van der Waals surface area contributed by atoms with Crippen molar-refractivity contribution in [2.24, 2.45) is 0 Å². The molecule has 0 unspecified atom stereocenters. The highest BCUT2D eigenvalue weighted by molar-refractivity contribution is 5.80. The largest absolute Gasteiger partial charge is 0.481 e. The van der Waals surface area contributed by atoms with Gasteiger partial charge in [0.05, 0.1) is 6.42 Å². The molecule has 0 aromatic heterocycles. The molecule has 18 heavy (non-hydrogen) atoms. The molecule has 2 N–H and O–H groups in total. The molecular weight excluding hydrogens is 230 g/mol. The van der Waals surface area contributed by atoms with Crippen LogP contribution in [0.1, 0.15) is 46.5 Å². The molecule has 0 aliphatic carbocycles. The molecule has 0 radical (unpaired) electrons. The van der Waals surface area contributed by atoms with Crippen LogP contribution >= 0.6 is 0 Å². The Bertz CT molecular complexity index is 339. The van der Waals surface area contributed by atoms with Crippen LogP contribution in [-0.2, 0) is 9.59 Å². The van der Waals surface area contributed by atoms with Crippen molar-refractivity contribution < 1.29 is 14.7 Å². The van der Waals surface area contributed by atoms with Crippen LogP contribution in [0.5, 0.6) is 0 Å². The number of carboxylic acid groups (broad SMARTS) is 1. The average molecular weight is 253 g/mol. The second kappa shape index (κ2) is 9.45. The Morgan fingerprint density at radius 3 is 2.28 bits per heavy atom. The first-order valence-electron chi connectivity index (χ1n) is 6.19. The van der Waals surface area contributed by atoms with Gasteiger partial charge in [0, 0.05) is 13.0 Å². The van der Waals surface area contributed by atoms with Crippen molar-refractivity contribution in [3.05, 3.63) is 23.3 Å². The van der Waals surface area contributed by atoms with E-state index in [1.54, 1.807) is 0 Å². The van der Waals surface area contributed by atoms with Gasteiger partial charge >= 0.3 is 5.97 Å². The number of aliphatic carboxylic acids is 1. The zero-order valence-corrected chi connectivity index (χ0v) is 11.5. The highest BCUT2D eigenvalue weighted by Crippen LogP contribution is 2.05. The molecule has 4 nitrogen and oxygen atoms in total. The van der Waals surface area contributed by atoms with Crippen molar-refractivity contribution in [2.45, 2.75) is 46.5 Å². The van der Waals surface area contributed by atoms with Crippen molar-refractivity contribution in [1.29, 1.82) is 0 Å². The summed E-state index contributed by atoms with van der Waals surface area (Å²) in [6, 6.07) is 0. The number of allylic oxidation sites excluding steroid dienone is 3. The fourth-order valence-electron chi connectivity index (χ4n) is 1.34. The molecule has 0 saturated carbocycles. The lowest BCUT2D eigenvalue weighted by Gasteiger charge is -2.02. The third-order valence-corrected chi connectivity index (χ3v) is 2.41. The summed E-state index contributed by atoms with van der Waals surface area (Å²) in [5.41, 5.74) is 2.54. The van der Waals surface area contributed by atoms with E-state index in [1.165, 1.54) is 11.1 Å². The van der Waals surface area contributed by atoms with Crippen LogP contribution in [0.2, 0.25) is 0 Å². The molecule has 0 aliphatic heterocycles. The summed E-state index contributed by atoms with van der Waals surface area (Å²) in [7, 11) is 0. The molecule has 102 valence electrons. The number of carbonyl (C=O) groups excluding carboxylic acids is 1. The van der Waals surface area contributed by atoms with Crippen LogP contribution < -0.4 is 5.32 Å². The van der Waals surface area contributed by atoms with Crippen LogP contribution in [-0.4, -0.2) is 23.5 Å². The number of carboxylic acids is 1. The molecule has 0 aromatic carbocycles. The summed E-state index contributed by atoms with van der Waals surface area (Å²) < 4.78 is 0. The average Bonchev–Trinajstić information content (AvgIpc) is 2.25. The van der Waals surface area contributed by atoms with E-state index in [-0.39, 0.29) is 18.7 Å². The number of nitrogens with one attached hydrogen (secondary N) is 1. The van der Waals surface area contributed by atoms with E-state index in [0.717, 1.165) is 12.8 Å². The Balaban J connectivity index is 3.76. The van der Waals surface area contributed by atoms with Crippen LogP contribution in [0, 0.1) is 0 Å². The minimum atomic E-state index is -0.946. The van der Waals surface area contributed by atoms with Gasteiger partial charge in [-0.25, -0.2) is 0 Å². The second-order valence-corrected chi connectivity index (χ2v) is 4.57. The highest BCUT2D eigenvalue weighted by atomic mass is 16.4. The Morgan fingerprint density at radius 1 is 1.06 bits per heavy atom. The fourth-order valence-corrected chi connectivity index (χ4v) is 1.34. The maximum absolute atomic E-state index is 11.2. The SMILES string of the molecule is CC(C)=CCCC(C)=CCNC(=O)CCC(=O)O. The summed E-state index contributed by atoms with van der Waals surface area (Å²) in [6.07, 6.45) is 6.07. The number of amides is 1. The van der Waals surface area contributed by atoms with E-state index in [2.05, 4.69) is 25.2 Å². The summed E-state index contributed by atoms with van der Waals surface area (Å²) >= 11 is 0. The zero-order valence-electron chi connectivity index (χ0n) is 11.5. The number of rotatable bonds is 8. The number of hydrogen-bond acceptors (Lipinski definition) is 2. The van der Waals surface area contributed by atoms with Gasteiger partial charge in [0.2, 0.25) is 5.91 Å². The Morgan fingerprint density at radius 2 is 1.72 bits per heavy atom. The van der Waals surface area contributed by atoms with Crippen LogP contribution in [0.4, 0.5) is 0 Å². The van der Waals surface area contributed by atoms with Crippen molar-refractivity contribution in [2.75, 3.05) is 6.54 Å². The highest BCUT2D eigenvalue weighted by Gasteiger charge is 2.03. The topological polar surface area (TPSA) is 66.4 Å². The van der Waals surface area contributed by atoms with Gasteiger partial charge in [0.25, 0.3) is 0 Å². The summed E-state index contributed by atoms with van der Waals surface area (Å²) in [4.78, 5) is 21.5. The molecule has 0 atom stereocenters. The molecule has 0 rings (SSSR count). The predicted molar refractivity (Wildman–Crippen MR) is 72.3 cm³/mol. The van der Waals surface area contributed by atoms with Crippen molar-refractivity contribution in [3.8, 4) is 0 Å². The lowest BCUT2D eigenvalue weighted by atomic mass is 10.1. The Hall–Kier alpha value is -1.58. The normalized spacial score (nSPS) is 10.9. The lowest BCUT2D eigenvalue weighted by molar-refractivity contribution is -0.138. The molecule has 0 heterocycles. The van der Waals surface area contributed by atoms with Crippen molar-refractivity contribution in [3.63, 3.8) is 0 Å². The third-order valence-electron chi connectivity index (χ3n) is 2.41. The summed E-state index contributed by atoms with van der Waals surface area (Å²) in [5.74, 6) is -1.16. The van der Waals surface area contributed by atoms with Gasteiger partial charge in [0.1, 0.15) is 0 Å². The van der Waals surface area contributed by atoms with Gasteiger partial charge in [-0.05, 0) is 33.6 Å². The molecule has 1 amide bonds. The smallest absolute Gasteiger partial charge is 0.303 e. The van der Waals surface area contributed by atoms with Gasteiger partial charge in [0.15, 0.2) is 0 Å². The monoisotopic (exact) mass is 253 g/mol. The van der Waals surface area contributed by atoms with Gasteiger partial charge in [-0.3, -0.25) is 9.59 Å². The van der Waals surface area contributed by atoms with Gasteiger partial charge < -0.3 is 10.4 Å². The molecule has 0 bridgehead atoms. The standard InChI is InChI=1S/C14H23NO3/c1-11(2)5-4-6-12(3)9-10-15-13(16)7-8-14(17)18/h5,9H,4,6-8,10H2,1-3H3,(H,15,16)(H,17,18). The number of carbonyl (C=O) groups is 2. The van der Waals surface area contributed by atoms with E-state index < -0.39 is 5.97 Å². The first kappa shape index (κ1) is 16.4. The zero-order chi connectivity index (χ0) is 14.0. The minimum Gasteiger partial charge on any atom is -0.481 e. The van der Waals surface area contributed by atoms with Gasteiger partial charge in [-0.15, -0.1) is 0 Å². The Labute approximate surface area is 109 Å². The molecule has 0 aromatic rings. The van der Waals surface area contributed by atoms with Crippen molar-refractivity contribution in [1.82, 2.24) is 5.32 Å². The lowest BCUT2D eigenvalue weighted by Crippen LogP contribution is -2.23. The predicted octanol–water partition coefficient (Wildman–Crippen LogP) is 2.66. The number of hydrogen-bond donors (Lipinski definition) is 2. The van der Waals surface area contributed by atoms with Crippen molar-refractivity contribution >= 4 is 11.9 Å². The van der Waals surface area contributed by atoms with E-state index in [9.17, 15) is 9.59 Å². The molecule has 0 saturated heterocycles. The van der Waals surface area contributed by atoms with E-state index in [1.807, 2.05) is 13.0 Å². The summed E-state index contributed by atoms with van der Waals surface area (Å²) in [5, 5.41) is 11.1. The maximum Gasteiger partial charge on any atom is 0.303 e. The molecule has 0 spiro atoms. The quantitative estimate of drug-likeness (QED) is 0.653. The van der Waals surface area contributed by atoms with E-state index >= 15 is 0 Å². The Kier molecular flexibility index (Phi) is 8.62. The maximum atomic E-state index is 11.2. The minimum absolute atomic E-state index is 0.0417. The first-order valence-corrected chi connectivity index (χ1v) is 6.19. The van der Waals surface area contributed by atoms with Crippen LogP contribution in [0.15, 0.2) is 23.3 Å². The third kappa shape index (κ3) is 10.9. The molecule has 0 fully saturated rings. The fraction of sp³-hybridized carbons (Fsp3) is 0.571. The first-order chi connectivity index (χ1) is 8.41. The second-order valence-electron chi connectivity index (χ2n) is 4.57. The van der Waals surface area contributed by atoms with Gasteiger partial charge in [-0.1, -0.05) is 23.3 Å². The van der Waals surface area contributed by atoms with Gasteiger partial charge in [-0.2, -0.15) is 0 Å². The molecule has 4 heteroatoms. The van der Waals surface area contributed by atoms with E-state index in [0.29, 0.717) is 6.54 Å². The van der Waals surface area contributed by atoms with E-state index in [4.69, 9.17) is 5.11 Å². The molecular formula is C14H23NO3. The molecule has 0 aliphatic rings.